The van der Waals surface area contributed by atoms with E-state index in [0.717, 1.165) is 10.9 Å². The molecular formula is C10H9NO. The van der Waals surface area contributed by atoms with E-state index in [4.69, 9.17) is 1.37 Å². The highest BCUT2D eigenvalue weighted by Gasteiger charge is 2.00. The van der Waals surface area contributed by atoms with Crippen LogP contribution >= 0.6 is 0 Å². The van der Waals surface area contributed by atoms with Crippen molar-refractivity contribution < 1.29 is 6.48 Å². The number of hydrogen-bond acceptors (Lipinski definition) is 2. The molecule has 0 atom stereocenters. The highest BCUT2D eigenvalue weighted by molar-refractivity contribution is 5.86. The molecule has 2 aromatic rings. The van der Waals surface area contributed by atoms with Crippen molar-refractivity contribution in [3.05, 3.63) is 36.0 Å². The molecule has 0 unspecified atom stereocenters. The Bertz CT molecular complexity index is 459. The second-order valence-corrected chi connectivity index (χ2v) is 2.71. The van der Waals surface area contributed by atoms with Crippen LogP contribution in [0.5, 0.6) is 5.75 Å². The Balaban J connectivity index is 3.00. The lowest BCUT2D eigenvalue weighted by Crippen LogP contribution is -1.81. The molecule has 1 N–H and O–H groups in total. The van der Waals surface area contributed by atoms with Crippen LogP contribution in [0.1, 0.15) is 6.93 Å². The Kier molecular flexibility index (Phi) is 1.24. The smallest absolute Gasteiger partial charge is 0.141 e. The van der Waals surface area contributed by atoms with Gasteiger partial charge in [0.2, 0.25) is 0 Å². The first-order valence-electron chi connectivity index (χ1n) is 4.24. The summed E-state index contributed by atoms with van der Waals surface area (Å²) in [6, 6.07) is 5.41. The number of pyridine rings is 1. The minimum atomic E-state index is 0.134. The monoisotopic (exact) mass is 160 g/mol. The Morgan fingerprint density at radius 3 is 3.08 bits per heavy atom. The zero-order valence-corrected chi connectivity index (χ0v) is 6.70. The quantitative estimate of drug-likeness (QED) is 0.641. The van der Waals surface area contributed by atoms with Crippen molar-refractivity contribution in [3.63, 3.8) is 0 Å². The van der Waals surface area contributed by atoms with Gasteiger partial charge in [0.05, 0.1) is 1.37 Å². The average molecular weight is 160 g/mol. The molecule has 0 aliphatic carbocycles. The van der Waals surface area contributed by atoms with Crippen molar-refractivity contribution in [3.8, 4) is 5.75 Å². The van der Waals surface area contributed by atoms with Gasteiger partial charge in [0.15, 0.2) is 0 Å². The van der Waals surface area contributed by atoms with Gasteiger partial charge in [-0.25, -0.2) is 0 Å². The topological polar surface area (TPSA) is 33.1 Å². The molecule has 1 heterocycles. The Hall–Kier alpha value is -1.57. The van der Waals surface area contributed by atoms with Crippen molar-refractivity contribution >= 4 is 10.9 Å². The van der Waals surface area contributed by atoms with Crippen molar-refractivity contribution in [1.29, 1.82) is 0 Å². The van der Waals surface area contributed by atoms with E-state index < -0.39 is 0 Å². The number of phenols is 1. The van der Waals surface area contributed by atoms with Gasteiger partial charge in [-0.15, -0.1) is 0 Å². The molecule has 0 spiro atoms. The van der Waals surface area contributed by atoms with Crippen LogP contribution in [-0.2, 0) is 0 Å². The summed E-state index contributed by atoms with van der Waals surface area (Å²) in [6.07, 6.45) is 1.53. The maximum atomic E-state index is 9.47. The lowest BCUT2D eigenvalue weighted by molar-refractivity contribution is 0.480. The van der Waals surface area contributed by atoms with Crippen molar-refractivity contribution in [2.24, 2.45) is 0 Å². The lowest BCUT2D eigenvalue weighted by Gasteiger charge is -2.01. The molecule has 2 rings (SSSR count). The summed E-state index contributed by atoms with van der Waals surface area (Å²) in [5.41, 5.74) is 1.47. The second kappa shape index (κ2) is 2.48. The fraction of sp³-hybridized carbons (Fsp3) is 0.100. The number of nitrogens with zero attached hydrogens (tertiary/aromatic N) is 1. The summed E-state index contributed by atoms with van der Waals surface area (Å²) in [7, 11) is 0. The predicted octanol–water partition coefficient (Wildman–Crippen LogP) is 2.25. The Labute approximate surface area is 71.9 Å². The molecule has 2 heteroatoms. The Morgan fingerprint density at radius 2 is 2.33 bits per heavy atom. The van der Waals surface area contributed by atoms with Crippen molar-refractivity contribution in [2.45, 2.75) is 6.92 Å². The average Bonchev–Trinajstić information content (AvgIpc) is 2.12. The molecule has 60 valence electrons. The van der Waals surface area contributed by atoms with Crippen LogP contribution in [0.15, 0.2) is 30.4 Å². The summed E-state index contributed by atoms with van der Waals surface area (Å²) in [6.45, 7) is 1.90. The van der Waals surface area contributed by atoms with Gasteiger partial charge in [0.25, 0.3) is 0 Å². The van der Waals surface area contributed by atoms with Crippen LogP contribution in [0.4, 0.5) is 0 Å². The molecule has 0 aliphatic heterocycles. The number of phenolic OH excluding ortho intramolecular Hbond substituents is 1. The number of aromatic hydroxyl groups is 1. The van der Waals surface area contributed by atoms with Gasteiger partial charge < -0.3 is 5.11 Å². The number of aryl methyl sites for hydroxylation is 1. The van der Waals surface area contributed by atoms with E-state index in [2.05, 4.69) is 4.98 Å². The fourth-order valence-corrected chi connectivity index (χ4v) is 1.23. The summed E-state index contributed by atoms with van der Waals surface area (Å²) < 4.78 is 7.65. The van der Waals surface area contributed by atoms with Crippen LogP contribution in [0.2, 0.25) is 0 Å². The summed E-state index contributed by atoms with van der Waals surface area (Å²) >= 11 is 0. The van der Waals surface area contributed by atoms with Crippen molar-refractivity contribution in [2.75, 3.05) is 0 Å². The molecule has 0 saturated carbocycles. The number of aromatic nitrogens is 1. The van der Waals surface area contributed by atoms with Gasteiger partial charge in [-0.2, -0.15) is 0 Å². The van der Waals surface area contributed by atoms with E-state index in [0.29, 0.717) is 11.6 Å². The van der Waals surface area contributed by atoms with Gasteiger partial charge >= 0.3 is 0 Å². The molecular weight excluding hydrogens is 150 g/mol. The molecule has 0 bridgehead atoms. The van der Waals surface area contributed by atoms with Gasteiger partial charge in [0.1, 0.15) is 11.3 Å². The summed E-state index contributed by atoms with van der Waals surface area (Å²) in [4.78, 5) is 4.03. The number of hydrogen-bond donors (Lipinski definition) is 1. The molecule has 0 fully saturated rings. The number of fused-ring (bicyclic) bond motifs is 1. The Morgan fingerprint density at radius 1 is 1.50 bits per heavy atom. The summed E-state index contributed by atoms with van der Waals surface area (Å²) in [5, 5.41) is 10.2. The molecule has 0 saturated heterocycles. The SMILES string of the molecule is [2H]c1ccnc2c(O)ccc(C)c12. The molecule has 0 amide bonds. The van der Waals surface area contributed by atoms with Crippen molar-refractivity contribution in [1.82, 2.24) is 4.98 Å². The van der Waals surface area contributed by atoms with Gasteiger partial charge in [-0.3, -0.25) is 4.98 Å². The van der Waals surface area contributed by atoms with E-state index >= 15 is 0 Å². The van der Waals surface area contributed by atoms with E-state index in [9.17, 15) is 5.11 Å². The van der Waals surface area contributed by atoms with Gasteiger partial charge in [0, 0.05) is 11.6 Å². The minimum Gasteiger partial charge on any atom is -0.506 e. The standard InChI is InChI=1S/C10H9NO/c1-7-4-5-9(12)10-8(7)3-2-6-11-10/h2-6,12H,1H3/i3D. The zero-order chi connectivity index (χ0) is 9.42. The molecule has 2 nitrogen and oxygen atoms in total. The molecule has 0 radical (unpaired) electrons. The first-order valence-corrected chi connectivity index (χ1v) is 3.74. The maximum Gasteiger partial charge on any atom is 0.141 e. The normalized spacial score (nSPS) is 11.6. The van der Waals surface area contributed by atoms with Gasteiger partial charge in [-0.1, -0.05) is 12.1 Å². The largest absolute Gasteiger partial charge is 0.506 e. The fourth-order valence-electron chi connectivity index (χ4n) is 1.23. The highest BCUT2D eigenvalue weighted by Crippen LogP contribution is 2.24. The minimum absolute atomic E-state index is 0.134. The van der Waals surface area contributed by atoms with E-state index in [1.807, 2.05) is 6.92 Å². The molecule has 0 aliphatic rings. The van der Waals surface area contributed by atoms with Gasteiger partial charge in [-0.05, 0) is 24.6 Å². The van der Waals surface area contributed by atoms with E-state index in [1.54, 1.807) is 18.2 Å². The third-order valence-corrected chi connectivity index (χ3v) is 1.87. The lowest BCUT2D eigenvalue weighted by atomic mass is 10.1. The number of benzene rings is 1. The maximum absolute atomic E-state index is 9.47. The summed E-state index contributed by atoms with van der Waals surface area (Å²) in [5.74, 6) is 0.134. The zero-order valence-electron chi connectivity index (χ0n) is 7.70. The first-order chi connectivity index (χ1) is 6.20. The van der Waals surface area contributed by atoms with Crippen LogP contribution < -0.4 is 0 Å². The highest BCUT2D eigenvalue weighted by atomic mass is 16.3. The number of rotatable bonds is 0. The third-order valence-electron chi connectivity index (χ3n) is 1.87. The molecule has 12 heavy (non-hydrogen) atoms. The van der Waals surface area contributed by atoms with Crippen LogP contribution in [0, 0.1) is 6.92 Å². The first kappa shape index (κ1) is 6.00. The second-order valence-electron chi connectivity index (χ2n) is 2.71. The third kappa shape index (κ3) is 0.925. The predicted molar refractivity (Wildman–Crippen MR) is 48.1 cm³/mol. The van der Waals surface area contributed by atoms with Crippen LogP contribution in [0.3, 0.4) is 0 Å². The molecule has 1 aromatic carbocycles. The van der Waals surface area contributed by atoms with Crippen LogP contribution in [0.25, 0.3) is 10.9 Å². The van der Waals surface area contributed by atoms with E-state index in [-0.39, 0.29) is 5.75 Å². The van der Waals surface area contributed by atoms with Crippen LogP contribution in [-0.4, -0.2) is 10.1 Å². The molecule has 1 aromatic heterocycles. The van der Waals surface area contributed by atoms with E-state index in [1.165, 1.54) is 6.20 Å².